The summed E-state index contributed by atoms with van der Waals surface area (Å²) in [5.74, 6) is 1.83. The van der Waals surface area contributed by atoms with Gasteiger partial charge in [0.25, 0.3) is 0 Å². The van der Waals surface area contributed by atoms with E-state index in [0.29, 0.717) is 0 Å². The third-order valence-electron chi connectivity index (χ3n) is 3.39. The summed E-state index contributed by atoms with van der Waals surface area (Å²) < 4.78 is 5.91. The Balaban J connectivity index is 2.05. The van der Waals surface area contributed by atoms with Crippen LogP contribution in [0.3, 0.4) is 0 Å². The maximum atomic E-state index is 6.04. The Morgan fingerprint density at radius 1 is 1.41 bits per heavy atom. The lowest BCUT2D eigenvalue weighted by Crippen LogP contribution is -2.22. The van der Waals surface area contributed by atoms with Crippen molar-refractivity contribution >= 4 is 0 Å². The number of hydrogen-bond donors (Lipinski definition) is 1. The van der Waals surface area contributed by atoms with E-state index in [1.54, 1.807) is 0 Å². The van der Waals surface area contributed by atoms with Crippen LogP contribution >= 0.6 is 0 Å². The lowest BCUT2D eigenvalue weighted by Gasteiger charge is -2.15. The van der Waals surface area contributed by atoms with E-state index in [2.05, 4.69) is 32.0 Å². The average molecular weight is 233 g/mol. The Labute approximate surface area is 104 Å². The minimum Gasteiger partial charge on any atom is -0.493 e. The predicted octanol–water partition coefficient (Wildman–Crippen LogP) is 3.06. The molecule has 2 heteroatoms. The van der Waals surface area contributed by atoms with Gasteiger partial charge < -0.3 is 10.5 Å². The van der Waals surface area contributed by atoms with Crippen molar-refractivity contribution < 1.29 is 4.74 Å². The van der Waals surface area contributed by atoms with E-state index in [-0.39, 0.29) is 6.04 Å². The third kappa shape index (κ3) is 3.74. The second-order valence-electron chi connectivity index (χ2n) is 5.24. The molecule has 2 N–H and O–H groups in total. The van der Waals surface area contributed by atoms with Crippen LogP contribution in [0.1, 0.15) is 37.3 Å². The van der Waals surface area contributed by atoms with E-state index >= 15 is 0 Å². The number of ether oxygens (including phenoxy) is 1. The van der Waals surface area contributed by atoms with Crippen LogP contribution in [0.5, 0.6) is 5.75 Å². The molecule has 1 aromatic rings. The van der Waals surface area contributed by atoms with Gasteiger partial charge in [0.2, 0.25) is 0 Å². The number of nitrogens with two attached hydrogens (primary N) is 1. The summed E-state index contributed by atoms with van der Waals surface area (Å²) in [4.78, 5) is 0. The molecule has 1 aliphatic carbocycles. The molecule has 17 heavy (non-hydrogen) atoms. The van der Waals surface area contributed by atoms with Gasteiger partial charge in [-0.15, -0.1) is 0 Å². The number of aryl methyl sites for hydroxylation is 1. The van der Waals surface area contributed by atoms with Crippen LogP contribution in [0.2, 0.25) is 0 Å². The molecule has 94 valence electrons. The molecule has 0 aromatic heterocycles. The van der Waals surface area contributed by atoms with Crippen LogP contribution in [0, 0.1) is 12.8 Å². The predicted molar refractivity (Wildman–Crippen MR) is 71.4 cm³/mol. The highest BCUT2D eigenvalue weighted by atomic mass is 16.5. The molecule has 0 heterocycles. The quantitative estimate of drug-likeness (QED) is 0.819. The summed E-state index contributed by atoms with van der Waals surface area (Å²) in [6.45, 7) is 5.12. The molecule has 2 nitrogen and oxygen atoms in total. The van der Waals surface area contributed by atoms with E-state index < -0.39 is 0 Å². The van der Waals surface area contributed by atoms with E-state index in [1.807, 2.05) is 0 Å². The lowest BCUT2D eigenvalue weighted by atomic mass is 10.0. The largest absolute Gasteiger partial charge is 0.493 e. The zero-order valence-electron chi connectivity index (χ0n) is 10.9. The Hall–Kier alpha value is -1.02. The topological polar surface area (TPSA) is 35.2 Å². The number of hydrogen-bond acceptors (Lipinski definition) is 2. The molecule has 0 spiro atoms. The second-order valence-corrected chi connectivity index (χ2v) is 5.24. The minimum absolute atomic E-state index is 0.236. The fraction of sp³-hybridized carbons (Fsp3) is 0.600. The van der Waals surface area contributed by atoms with Gasteiger partial charge in [-0.1, -0.05) is 24.6 Å². The fourth-order valence-corrected chi connectivity index (χ4v) is 1.93. The van der Waals surface area contributed by atoms with Gasteiger partial charge in [-0.05, 0) is 50.2 Å². The fourth-order valence-electron chi connectivity index (χ4n) is 1.93. The molecule has 1 fully saturated rings. The summed E-state index contributed by atoms with van der Waals surface area (Å²) in [6.07, 6.45) is 4.58. The first-order valence-corrected chi connectivity index (χ1v) is 6.67. The van der Waals surface area contributed by atoms with Crippen LogP contribution in [0.25, 0.3) is 0 Å². The first kappa shape index (κ1) is 12.4. The van der Waals surface area contributed by atoms with E-state index in [0.717, 1.165) is 31.1 Å². The highest BCUT2D eigenvalue weighted by Gasteiger charge is 2.22. The molecule has 0 bridgehead atoms. The third-order valence-corrected chi connectivity index (χ3v) is 3.39. The SMILES string of the molecule is CCC(N)Cc1cc(C)ccc1OCC1CC1. The Morgan fingerprint density at radius 3 is 2.82 bits per heavy atom. The van der Waals surface area contributed by atoms with Crippen LogP contribution < -0.4 is 10.5 Å². The number of benzene rings is 1. The van der Waals surface area contributed by atoms with Crippen molar-refractivity contribution in [3.63, 3.8) is 0 Å². The van der Waals surface area contributed by atoms with Gasteiger partial charge in [-0.3, -0.25) is 0 Å². The van der Waals surface area contributed by atoms with Crippen LogP contribution in [-0.2, 0) is 6.42 Å². The zero-order chi connectivity index (χ0) is 12.3. The molecular weight excluding hydrogens is 210 g/mol. The van der Waals surface area contributed by atoms with Crippen LogP contribution in [-0.4, -0.2) is 12.6 Å². The summed E-state index contributed by atoms with van der Waals surface area (Å²) in [5, 5.41) is 0. The van der Waals surface area contributed by atoms with Gasteiger partial charge in [0.1, 0.15) is 5.75 Å². The maximum Gasteiger partial charge on any atom is 0.122 e. The van der Waals surface area contributed by atoms with Gasteiger partial charge in [-0.2, -0.15) is 0 Å². The summed E-state index contributed by atoms with van der Waals surface area (Å²) in [5.41, 5.74) is 8.58. The molecule has 2 rings (SSSR count). The monoisotopic (exact) mass is 233 g/mol. The molecule has 1 unspecified atom stereocenters. The van der Waals surface area contributed by atoms with Crippen LogP contribution in [0.15, 0.2) is 18.2 Å². The van der Waals surface area contributed by atoms with Crippen molar-refractivity contribution in [2.45, 2.75) is 45.6 Å². The summed E-state index contributed by atoms with van der Waals surface area (Å²) in [6, 6.07) is 6.65. The Morgan fingerprint density at radius 2 is 2.18 bits per heavy atom. The first-order chi connectivity index (χ1) is 8.19. The lowest BCUT2D eigenvalue weighted by molar-refractivity contribution is 0.296. The molecular formula is C15H23NO. The van der Waals surface area contributed by atoms with E-state index in [4.69, 9.17) is 10.5 Å². The van der Waals surface area contributed by atoms with Crippen molar-refractivity contribution in [3.8, 4) is 5.75 Å². The molecule has 0 radical (unpaired) electrons. The summed E-state index contributed by atoms with van der Waals surface area (Å²) >= 11 is 0. The molecule has 0 amide bonds. The maximum absolute atomic E-state index is 6.04. The first-order valence-electron chi connectivity index (χ1n) is 6.67. The second kappa shape index (κ2) is 5.54. The molecule has 0 aliphatic heterocycles. The minimum atomic E-state index is 0.236. The van der Waals surface area contributed by atoms with Crippen molar-refractivity contribution in [1.82, 2.24) is 0 Å². The molecule has 1 aromatic carbocycles. The van der Waals surface area contributed by atoms with Crippen molar-refractivity contribution in [2.75, 3.05) is 6.61 Å². The normalized spacial score (nSPS) is 16.9. The van der Waals surface area contributed by atoms with E-state index in [9.17, 15) is 0 Å². The van der Waals surface area contributed by atoms with Gasteiger partial charge in [0.05, 0.1) is 6.61 Å². The van der Waals surface area contributed by atoms with Gasteiger partial charge >= 0.3 is 0 Å². The average Bonchev–Trinajstić information content (AvgIpc) is 3.12. The van der Waals surface area contributed by atoms with Gasteiger partial charge in [-0.25, -0.2) is 0 Å². The standard InChI is InChI=1S/C15H23NO/c1-3-14(16)9-13-8-11(2)4-7-15(13)17-10-12-5-6-12/h4,7-8,12,14H,3,5-6,9-10,16H2,1-2H3. The van der Waals surface area contributed by atoms with Crippen LogP contribution in [0.4, 0.5) is 0 Å². The van der Waals surface area contributed by atoms with Crippen molar-refractivity contribution in [1.29, 1.82) is 0 Å². The Bertz CT molecular complexity index is 371. The van der Waals surface area contributed by atoms with Crippen molar-refractivity contribution in [3.05, 3.63) is 29.3 Å². The zero-order valence-corrected chi connectivity index (χ0v) is 10.9. The van der Waals surface area contributed by atoms with E-state index in [1.165, 1.54) is 24.0 Å². The van der Waals surface area contributed by atoms with Crippen molar-refractivity contribution in [2.24, 2.45) is 11.7 Å². The highest BCUT2D eigenvalue weighted by Crippen LogP contribution is 2.30. The molecule has 0 saturated heterocycles. The Kier molecular flexibility index (Phi) is 4.06. The smallest absolute Gasteiger partial charge is 0.122 e. The molecule has 1 saturated carbocycles. The highest BCUT2D eigenvalue weighted by molar-refractivity contribution is 5.37. The molecule has 1 aliphatic rings. The van der Waals surface area contributed by atoms with Gasteiger partial charge in [0, 0.05) is 6.04 Å². The van der Waals surface area contributed by atoms with Gasteiger partial charge in [0.15, 0.2) is 0 Å². The summed E-state index contributed by atoms with van der Waals surface area (Å²) in [7, 11) is 0. The number of rotatable bonds is 6. The molecule has 1 atom stereocenters.